The minimum absolute atomic E-state index is 0. The molecule has 108 valence electrons. The van der Waals surface area contributed by atoms with Crippen LogP contribution in [-0.2, 0) is 6.42 Å². The number of allylic oxidation sites excluding steroid dienone is 1. The molecule has 0 aliphatic carbocycles. The summed E-state index contributed by atoms with van der Waals surface area (Å²) < 4.78 is 0. The zero-order valence-corrected chi connectivity index (χ0v) is 13.9. The first-order chi connectivity index (χ1) is 9.43. The summed E-state index contributed by atoms with van der Waals surface area (Å²) in [5.41, 5.74) is 1.42. The Morgan fingerprint density at radius 1 is 1.05 bits per heavy atom. The van der Waals surface area contributed by atoms with Gasteiger partial charge in [0.25, 0.3) is 0 Å². The van der Waals surface area contributed by atoms with E-state index < -0.39 is 0 Å². The predicted octanol–water partition coefficient (Wildman–Crippen LogP) is 5.09. The summed E-state index contributed by atoms with van der Waals surface area (Å²) in [4.78, 5) is 5.41. The third-order valence-corrected chi connectivity index (χ3v) is 5.41. The maximum absolute atomic E-state index is 2.53. The first-order valence-corrected chi connectivity index (χ1v) is 8.67. The Hall–Kier alpha value is -0.610. The maximum Gasteiger partial charge on any atom is 0.0353 e. The van der Waals surface area contributed by atoms with Gasteiger partial charge in [0.1, 0.15) is 0 Å². The average Bonchev–Trinajstić information content (AvgIpc) is 3.15. The van der Waals surface area contributed by atoms with Crippen LogP contribution in [0.2, 0.25) is 0 Å². The molecule has 2 aromatic rings. The van der Waals surface area contributed by atoms with Crippen molar-refractivity contribution in [2.75, 3.05) is 19.6 Å². The van der Waals surface area contributed by atoms with Crippen LogP contribution < -0.4 is 0 Å². The van der Waals surface area contributed by atoms with Crippen molar-refractivity contribution in [3.8, 4) is 10.4 Å². The molecule has 3 rings (SSSR count). The van der Waals surface area contributed by atoms with Crippen molar-refractivity contribution in [3.63, 3.8) is 0 Å². The molecule has 0 atom stereocenters. The summed E-state index contributed by atoms with van der Waals surface area (Å²) in [5.74, 6) is 0. The van der Waals surface area contributed by atoms with Gasteiger partial charge in [-0.1, -0.05) is 18.2 Å². The highest BCUT2D eigenvalue weighted by molar-refractivity contribution is 7.14. The smallest absolute Gasteiger partial charge is 0.0353 e. The lowest BCUT2D eigenvalue weighted by molar-refractivity contribution is 0.377. The fraction of sp³-hybridized carbons (Fsp3) is 0.375. The molecule has 1 aliphatic rings. The van der Waals surface area contributed by atoms with Gasteiger partial charge in [0.15, 0.2) is 0 Å². The van der Waals surface area contributed by atoms with Crippen LogP contribution in [0, 0.1) is 0 Å². The molecule has 0 amide bonds. The number of hydrogen-bond acceptors (Lipinski definition) is 3. The highest BCUT2D eigenvalue weighted by Gasteiger charge is 2.09. The fourth-order valence-corrected chi connectivity index (χ4v) is 4.24. The van der Waals surface area contributed by atoms with Gasteiger partial charge < -0.3 is 0 Å². The average molecular weight is 326 g/mol. The highest BCUT2D eigenvalue weighted by Crippen LogP contribution is 2.32. The first kappa shape index (κ1) is 15.8. The Labute approximate surface area is 135 Å². The van der Waals surface area contributed by atoms with Crippen LogP contribution >= 0.6 is 35.1 Å². The van der Waals surface area contributed by atoms with Crippen molar-refractivity contribution in [2.24, 2.45) is 0 Å². The van der Waals surface area contributed by atoms with Gasteiger partial charge >= 0.3 is 0 Å². The summed E-state index contributed by atoms with van der Waals surface area (Å²) in [6.07, 6.45) is 8.49. The lowest BCUT2D eigenvalue weighted by Gasteiger charge is -2.10. The van der Waals surface area contributed by atoms with Gasteiger partial charge in [-0.15, -0.1) is 35.1 Å². The third-order valence-electron chi connectivity index (χ3n) is 3.56. The topological polar surface area (TPSA) is 3.24 Å². The summed E-state index contributed by atoms with van der Waals surface area (Å²) in [5, 5.41) is 4.36. The monoisotopic (exact) mass is 325 g/mol. The van der Waals surface area contributed by atoms with Gasteiger partial charge in [-0.2, -0.15) is 0 Å². The molecule has 2 aromatic heterocycles. The highest BCUT2D eigenvalue weighted by atomic mass is 35.5. The number of hydrogen-bond donors (Lipinski definition) is 0. The molecule has 0 unspecified atom stereocenters. The van der Waals surface area contributed by atoms with Crippen LogP contribution in [0.4, 0.5) is 0 Å². The van der Waals surface area contributed by atoms with Crippen molar-refractivity contribution < 1.29 is 0 Å². The summed E-state index contributed by atoms with van der Waals surface area (Å²) in [6, 6.07) is 6.59. The lowest BCUT2D eigenvalue weighted by Crippen LogP contribution is -2.18. The molecule has 0 aromatic carbocycles. The van der Waals surface area contributed by atoms with Crippen LogP contribution in [0.1, 0.15) is 17.7 Å². The summed E-state index contributed by atoms with van der Waals surface area (Å²) in [7, 11) is 0. The second-order valence-corrected chi connectivity index (χ2v) is 6.87. The molecule has 0 N–H and O–H groups in total. The van der Waals surface area contributed by atoms with E-state index >= 15 is 0 Å². The minimum atomic E-state index is 0. The van der Waals surface area contributed by atoms with Gasteiger partial charge in [-0.25, -0.2) is 0 Å². The van der Waals surface area contributed by atoms with Crippen molar-refractivity contribution >= 4 is 35.1 Å². The molecule has 1 saturated heterocycles. The molecule has 0 saturated carbocycles. The molecule has 0 spiro atoms. The molecule has 3 heterocycles. The van der Waals surface area contributed by atoms with E-state index in [2.05, 4.69) is 46.0 Å². The van der Waals surface area contributed by atoms with E-state index in [-0.39, 0.29) is 12.4 Å². The van der Waals surface area contributed by atoms with E-state index in [1.165, 1.54) is 41.2 Å². The summed E-state index contributed by atoms with van der Waals surface area (Å²) in [6.45, 7) is 3.69. The Bertz CT molecular complexity index is 524. The van der Waals surface area contributed by atoms with Gasteiger partial charge in [0, 0.05) is 28.3 Å². The van der Waals surface area contributed by atoms with Crippen LogP contribution in [0.5, 0.6) is 0 Å². The van der Waals surface area contributed by atoms with Crippen molar-refractivity contribution in [1.82, 2.24) is 4.90 Å². The van der Waals surface area contributed by atoms with Gasteiger partial charge in [-0.3, -0.25) is 4.90 Å². The first-order valence-electron chi connectivity index (χ1n) is 6.91. The van der Waals surface area contributed by atoms with Crippen LogP contribution in [0.3, 0.4) is 0 Å². The molecule has 1 aliphatic heterocycles. The van der Waals surface area contributed by atoms with E-state index in [4.69, 9.17) is 0 Å². The largest absolute Gasteiger partial charge is 0.300 e. The van der Waals surface area contributed by atoms with Crippen molar-refractivity contribution in [2.45, 2.75) is 19.3 Å². The lowest BCUT2D eigenvalue weighted by atomic mass is 10.2. The van der Waals surface area contributed by atoms with Gasteiger partial charge in [-0.05, 0) is 48.8 Å². The minimum Gasteiger partial charge on any atom is -0.300 e. The number of halogens is 1. The van der Waals surface area contributed by atoms with Crippen LogP contribution in [0.15, 0.2) is 41.1 Å². The van der Waals surface area contributed by atoms with Crippen LogP contribution in [0.25, 0.3) is 10.4 Å². The fourth-order valence-electron chi connectivity index (χ4n) is 2.53. The van der Waals surface area contributed by atoms with Gasteiger partial charge in [0.2, 0.25) is 0 Å². The Kier molecular flexibility index (Phi) is 6.30. The Morgan fingerprint density at radius 2 is 1.90 bits per heavy atom. The second kappa shape index (κ2) is 7.99. The Morgan fingerprint density at radius 3 is 2.65 bits per heavy atom. The Balaban J connectivity index is 0.00000147. The molecular formula is C16H20ClNS2. The third kappa shape index (κ3) is 3.95. The quantitative estimate of drug-likeness (QED) is 0.692. The maximum atomic E-state index is 2.53. The van der Waals surface area contributed by atoms with Gasteiger partial charge in [0.05, 0.1) is 0 Å². The van der Waals surface area contributed by atoms with E-state index in [1.807, 2.05) is 22.7 Å². The molecule has 20 heavy (non-hydrogen) atoms. The number of thiophene rings is 2. The molecule has 4 heteroatoms. The number of nitrogens with zero attached hydrogens (tertiary/aromatic N) is 1. The normalized spacial score (nSPS) is 15.8. The van der Waals surface area contributed by atoms with E-state index in [1.54, 1.807) is 0 Å². The SMILES string of the molecule is C(=C/CN1CCCC1)/Cc1sccc1-c1cccs1.Cl. The number of likely N-dealkylation sites (tertiary alicyclic amines) is 1. The molecular weight excluding hydrogens is 306 g/mol. The molecule has 0 bridgehead atoms. The van der Waals surface area contributed by atoms with Crippen molar-refractivity contribution in [1.29, 1.82) is 0 Å². The van der Waals surface area contributed by atoms with E-state index in [0.717, 1.165) is 13.0 Å². The predicted molar refractivity (Wildman–Crippen MR) is 93.4 cm³/mol. The number of rotatable bonds is 5. The molecule has 0 radical (unpaired) electrons. The molecule has 1 nitrogen and oxygen atoms in total. The standard InChI is InChI=1S/C16H19NS2.ClH/c1(2-9-17-10-3-4-11-17)6-15-14(8-13-19-15)16-7-5-12-18-16;/h1-2,5,7-8,12-13H,3-4,6,9-11H2;1H/b2-1-;. The summed E-state index contributed by atoms with van der Waals surface area (Å²) >= 11 is 3.70. The van der Waals surface area contributed by atoms with Crippen LogP contribution in [-0.4, -0.2) is 24.5 Å². The van der Waals surface area contributed by atoms with E-state index in [0.29, 0.717) is 0 Å². The van der Waals surface area contributed by atoms with Crippen molar-refractivity contribution in [3.05, 3.63) is 46.0 Å². The zero-order valence-electron chi connectivity index (χ0n) is 11.5. The van der Waals surface area contributed by atoms with E-state index in [9.17, 15) is 0 Å². The second-order valence-electron chi connectivity index (χ2n) is 4.92. The molecule has 1 fully saturated rings. The zero-order chi connectivity index (χ0) is 12.9.